The van der Waals surface area contributed by atoms with Crippen LogP contribution in [0.25, 0.3) is 21.7 Å². The van der Waals surface area contributed by atoms with Crippen LogP contribution in [0.4, 0.5) is 13.2 Å². The Bertz CT molecular complexity index is 1210. The van der Waals surface area contributed by atoms with Gasteiger partial charge in [0.15, 0.2) is 0 Å². The highest BCUT2D eigenvalue weighted by atomic mass is 19.4. The van der Waals surface area contributed by atoms with Crippen LogP contribution in [0, 0.1) is 0 Å². The summed E-state index contributed by atoms with van der Waals surface area (Å²) in [5.74, 6) is -0.773. The van der Waals surface area contributed by atoms with Gasteiger partial charge in [0.1, 0.15) is 0 Å². The molecule has 0 aliphatic heterocycles. The molecule has 0 atom stereocenters. The lowest BCUT2D eigenvalue weighted by molar-refractivity contribution is -0.137. The average Bonchev–Trinajstić information content (AvgIpc) is 3.10. The van der Waals surface area contributed by atoms with Crippen LogP contribution in [-0.4, -0.2) is 22.1 Å². The van der Waals surface area contributed by atoms with E-state index in [0.717, 1.165) is 28.5 Å². The molecular weight excluding hydrogens is 381 g/mol. The van der Waals surface area contributed by atoms with Gasteiger partial charge in [0.25, 0.3) is 0 Å². The number of ether oxygens (including phenoxy) is 1. The van der Waals surface area contributed by atoms with E-state index in [1.54, 1.807) is 36.1 Å². The minimum Gasteiger partial charge on any atom is -0.462 e. The van der Waals surface area contributed by atoms with Crippen LogP contribution in [0.15, 0.2) is 61.1 Å². The second kappa shape index (κ2) is 7.24. The van der Waals surface area contributed by atoms with Crippen molar-refractivity contribution in [2.24, 2.45) is 0 Å². The number of nitrogens with zero attached hydrogens (tertiary/aromatic N) is 2. The third-order valence-electron chi connectivity index (χ3n) is 4.80. The summed E-state index contributed by atoms with van der Waals surface area (Å²) in [7, 11) is 0. The lowest BCUT2D eigenvalue weighted by Crippen LogP contribution is -2.12. The fourth-order valence-corrected chi connectivity index (χ4v) is 3.52. The molecule has 0 spiro atoms. The van der Waals surface area contributed by atoms with Gasteiger partial charge in [-0.15, -0.1) is 0 Å². The largest absolute Gasteiger partial charge is 0.462 e. The van der Waals surface area contributed by atoms with Gasteiger partial charge < -0.3 is 9.30 Å². The van der Waals surface area contributed by atoms with E-state index in [1.807, 2.05) is 24.3 Å². The monoisotopic (exact) mass is 398 g/mol. The number of hydrogen-bond donors (Lipinski definition) is 0. The minimum absolute atomic E-state index is 0.0770. The Morgan fingerprint density at radius 1 is 1.14 bits per heavy atom. The first-order chi connectivity index (χ1) is 13.9. The van der Waals surface area contributed by atoms with E-state index >= 15 is 0 Å². The predicted molar refractivity (Wildman–Crippen MR) is 104 cm³/mol. The van der Waals surface area contributed by atoms with Gasteiger partial charge >= 0.3 is 12.1 Å². The van der Waals surface area contributed by atoms with Gasteiger partial charge in [-0.25, -0.2) is 4.79 Å². The number of pyridine rings is 1. The number of alkyl halides is 3. The number of carbonyl (C=O) groups is 1. The summed E-state index contributed by atoms with van der Waals surface area (Å²) in [4.78, 5) is 16.6. The topological polar surface area (TPSA) is 44.1 Å². The second-order valence-electron chi connectivity index (χ2n) is 6.64. The van der Waals surface area contributed by atoms with E-state index in [9.17, 15) is 18.0 Å². The molecule has 0 saturated carbocycles. The zero-order chi connectivity index (χ0) is 20.6. The normalized spacial score (nSPS) is 11.9. The molecule has 0 saturated heterocycles. The summed E-state index contributed by atoms with van der Waals surface area (Å²) in [6, 6.07) is 11.2. The Balaban J connectivity index is 1.88. The first-order valence-corrected chi connectivity index (χ1v) is 9.07. The van der Waals surface area contributed by atoms with Gasteiger partial charge in [0.05, 0.1) is 23.3 Å². The molecule has 29 heavy (non-hydrogen) atoms. The van der Waals surface area contributed by atoms with Crippen molar-refractivity contribution in [2.75, 3.05) is 6.61 Å². The summed E-state index contributed by atoms with van der Waals surface area (Å²) >= 11 is 0. The zero-order valence-electron chi connectivity index (χ0n) is 15.5. The van der Waals surface area contributed by atoms with Crippen molar-refractivity contribution in [3.63, 3.8) is 0 Å². The third kappa shape index (κ3) is 3.55. The zero-order valence-corrected chi connectivity index (χ0v) is 15.5. The fraction of sp³-hybridized carbons (Fsp3) is 0.182. The van der Waals surface area contributed by atoms with E-state index in [4.69, 9.17) is 4.74 Å². The molecule has 7 heteroatoms. The highest BCUT2D eigenvalue weighted by Crippen LogP contribution is 2.34. The maximum Gasteiger partial charge on any atom is 0.416 e. The molecule has 2 aromatic carbocycles. The van der Waals surface area contributed by atoms with Gasteiger partial charge in [-0.3, -0.25) is 4.98 Å². The molecule has 2 aromatic heterocycles. The van der Waals surface area contributed by atoms with Crippen molar-refractivity contribution in [1.29, 1.82) is 0 Å². The van der Waals surface area contributed by atoms with Crippen molar-refractivity contribution in [3.05, 3.63) is 77.7 Å². The van der Waals surface area contributed by atoms with Gasteiger partial charge in [-0.1, -0.05) is 18.2 Å². The van der Waals surface area contributed by atoms with Crippen LogP contribution in [0.5, 0.6) is 0 Å². The Labute approximate surface area is 164 Å². The highest BCUT2D eigenvalue weighted by Gasteiger charge is 2.33. The van der Waals surface area contributed by atoms with Crippen LogP contribution in [0.2, 0.25) is 0 Å². The first kappa shape index (κ1) is 19.0. The quantitative estimate of drug-likeness (QED) is 0.431. The van der Waals surface area contributed by atoms with Crippen LogP contribution in [0.1, 0.15) is 28.4 Å². The predicted octanol–water partition coefficient (Wildman–Crippen LogP) is 5.43. The molecule has 0 aliphatic rings. The Kier molecular flexibility index (Phi) is 4.74. The molecule has 4 nitrogen and oxygen atoms in total. The summed E-state index contributed by atoms with van der Waals surface area (Å²) in [5.41, 5.74) is 0.422. The van der Waals surface area contributed by atoms with Crippen molar-refractivity contribution < 1.29 is 22.7 Å². The summed E-state index contributed by atoms with van der Waals surface area (Å²) < 4.78 is 46.7. The molecule has 0 unspecified atom stereocenters. The smallest absolute Gasteiger partial charge is 0.416 e. The van der Waals surface area contributed by atoms with Crippen molar-refractivity contribution in [2.45, 2.75) is 19.6 Å². The number of esters is 1. The van der Waals surface area contributed by atoms with E-state index in [1.165, 1.54) is 0 Å². The van der Waals surface area contributed by atoms with Gasteiger partial charge in [-0.05, 0) is 42.1 Å². The number of halogens is 3. The van der Waals surface area contributed by atoms with E-state index in [2.05, 4.69) is 4.98 Å². The Morgan fingerprint density at radius 2 is 1.97 bits per heavy atom. The Hall–Kier alpha value is -3.35. The summed E-state index contributed by atoms with van der Waals surface area (Å²) in [5, 5.41) is 2.30. The third-order valence-corrected chi connectivity index (χ3v) is 4.80. The lowest BCUT2D eigenvalue weighted by Gasteiger charge is -2.14. The highest BCUT2D eigenvalue weighted by molar-refractivity contribution is 6.04. The first-order valence-electron chi connectivity index (χ1n) is 9.07. The molecule has 0 fully saturated rings. The van der Waals surface area contributed by atoms with Crippen molar-refractivity contribution in [1.82, 2.24) is 9.55 Å². The standard InChI is InChI=1S/C22H17F3N2O2/c1-2-29-21(28)19-11-17(22(23,24)25)10-14-7-9-27(20(14)19)13-16-5-3-4-15-12-26-8-6-18(15)16/h3-12H,2,13H2,1H3. The van der Waals surface area contributed by atoms with E-state index in [0.29, 0.717) is 17.4 Å². The average molecular weight is 398 g/mol. The SMILES string of the molecule is CCOC(=O)c1cc(C(F)(F)F)cc2ccn(Cc3cccc4cnccc34)c12. The van der Waals surface area contributed by atoms with E-state index < -0.39 is 17.7 Å². The number of benzene rings is 2. The van der Waals surface area contributed by atoms with Crippen LogP contribution >= 0.6 is 0 Å². The van der Waals surface area contributed by atoms with Gasteiger partial charge in [0.2, 0.25) is 0 Å². The van der Waals surface area contributed by atoms with Crippen molar-refractivity contribution in [3.8, 4) is 0 Å². The van der Waals surface area contributed by atoms with Crippen LogP contribution in [0.3, 0.4) is 0 Å². The van der Waals surface area contributed by atoms with E-state index in [-0.39, 0.29) is 12.2 Å². The molecule has 0 N–H and O–H groups in total. The fourth-order valence-electron chi connectivity index (χ4n) is 3.52. The number of carbonyl (C=O) groups excluding carboxylic acids is 1. The number of aromatic nitrogens is 2. The lowest BCUT2D eigenvalue weighted by atomic mass is 10.0. The minimum atomic E-state index is -4.56. The van der Waals surface area contributed by atoms with Crippen molar-refractivity contribution >= 4 is 27.6 Å². The molecule has 0 amide bonds. The Morgan fingerprint density at radius 3 is 2.72 bits per heavy atom. The summed E-state index contributed by atoms with van der Waals surface area (Å²) in [6.07, 6.45) is 0.583. The summed E-state index contributed by atoms with van der Waals surface area (Å²) in [6.45, 7) is 2.09. The molecule has 4 rings (SSSR count). The molecule has 4 aromatic rings. The number of fused-ring (bicyclic) bond motifs is 2. The molecular formula is C22H17F3N2O2. The molecule has 2 heterocycles. The number of rotatable bonds is 4. The molecule has 0 aliphatic carbocycles. The van der Waals surface area contributed by atoms with Gasteiger partial charge in [0, 0.05) is 35.9 Å². The number of hydrogen-bond acceptors (Lipinski definition) is 3. The molecule has 0 radical (unpaired) electrons. The van der Waals surface area contributed by atoms with Gasteiger partial charge in [-0.2, -0.15) is 13.2 Å². The van der Waals surface area contributed by atoms with Crippen LogP contribution < -0.4 is 0 Å². The maximum atomic E-state index is 13.3. The van der Waals surface area contributed by atoms with Crippen LogP contribution in [-0.2, 0) is 17.5 Å². The molecule has 0 bridgehead atoms. The molecule has 148 valence electrons. The second-order valence-corrected chi connectivity index (χ2v) is 6.64. The maximum absolute atomic E-state index is 13.3.